The second kappa shape index (κ2) is 6.19. The Hall–Kier alpha value is -1.36. The largest absolute Gasteiger partial charge is 0.377 e. The minimum Gasteiger partial charge on any atom is -0.377 e. The number of halogens is 2. The number of benzene rings is 1. The van der Waals surface area contributed by atoms with Crippen LogP contribution in [0.1, 0.15) is 38.5 Å². The standard InChI is InChI=1S/C13H16ClFN2O2/c14-10-7-12(13(17(18)19)8-11(10)15)16-9-5-3-1-2-4-6-9/h7-9,16H,1-6H2. The molecule has 19 heavy (non-hydrogen) atoms. The molecule has 6 heteroatoms. The van der Waals surface area contributed by atoms with E-state index in [0.29, 0.717) is 5.69 Å². The highest BCUT2D eigenvalue weighted by Crippen LogP contribution is 2.32. The van der Waals surface area contributed by atoms with E-state index in [0.717, 1.165) is 31.7 Å². The number of hydrogen-bond donors (Lipinski definition) is 1. The fraction of sp³-hybridized carbons (Fsp3) is 0.538. The van der Waals surface area contributed by atoms with E-state index in [4.69, 9.17) is 11.6 Å². The van der Waals surface area contributed by atoms with Crippen molar-refractivity contribution >= 4 is 23.0 Å². The molecule has 0 bridgehead atoms. The van der Waals surface area contributed by atoms with Crippen molar-refractivity contribution in [3.63, 3.8) is 0 Å². The van der Waals surface area contributed by atoms with Crippen molar-refractivity contribution < 1.29 is 9.31 Å². The summed E-state index contributed by atoms with van der Waals surface area (Å²) in [5.74, 6) is -0.764. The van der Waals surface area contributed by atoms with Gasteiger partial charge in [-0.2, -0.15) is 0 Å². The summed E-state index contributed by atoms with van der Waals surface area (Å²) in [5.41, 5.74) is 0.0504. The summed E-state index contributed by atoms with van der Waals surface area (Å²) in [7, 11) is 0. The van der Waals surface area contributed by atoms with Crippen molar-refractivity contribution in [3.8, 4) is 0 Å². The zero-order chi connectivity index (χ0) is 13.8. The molecule has 0 aliphatic heterocycles. The first-order valence-electron chi connectivity index (χ1n) is 6.48. The molecule has 0 saturated heterocycles. The van der Waals surface area contributed by atoms with Gasteiger partial charge < -0.3 is 5.32 Å². The lowest BCUT2D eigenvalue weighted by Crippen LogP contribution is -2.19. The molecule has 0 amide bonds. The summed E-state index contributed by atoms with van der Waals surface area (Å²) in [6, 6.07) is 2.38. The van der Waals surface area contributed by atoms with Gasteiger partial charge in [-0.15, -0.1) is 0 Å². The van der Waals surface area contributed by atoms with Gasteiger partial charge in [0.05, 0.1) is 16.0 Å². The smallest absolute Gasteiger partial charge is 0.295 e. The molecule has 0 atom stereocenters. The van der Waals surface area contributed by atoms with Gasteiger partial charge in [-0.3, -0.25) is 10.1 Å². The third kappa shape index (κ3) is 3.56. The molecule has 1 saturated carbocycles. The minimum atomic E-state index is -0.764. The summed E-state index contributed by atoms with van der Waals surface area (Å²) >= 11 is 5.70. The van der Waals surface area contributed by atoms with E-state index in [9.17, 15) is 14.5 Å². The van der Waals surface area contributed by atoms with Gasteiger partial charge in [0.2, 0.25) is 0 Å². The lowest BCUT2D eigenvalue weighted by molar-refractivity contribution is -0.384. The third-order valence-electron chi connectivity index (χ3n) is 3.45. The highest BCUT2D eigenvalue weighted by molar-refractivity contribution is 6.31. The summed E-state index contributed by atoms with van der Waals surface area (Å²) in [6.07, 6.45) is 6.58. The molecule has 0 heterocycles. The highest BCUT2D eigenvalue weighted by Gasteiger charge is 2.21. The van der Waals surface area contributed by atoms with Crippen molar-refractivity contribution in [1.82, 2.24) is 0 Å². The highest BCUT2D eigenvalue weighted by atomic mass is 35.5. The number of nitrogens with one attached hydrogen (secondary N) is 1. The van der Waals surface area contributed by atoms with Gasteiger partial charge in [0.15, 0.2) is 0 Å². The molecule has 0 radical (unpaired) electrons. The Morgan fingerprint density at radius 3 is 2.47 bits per heavy atom. The van der Waals surface area contributed by atoms with Crippen LogP contribution in [-0.4, -0.2) is 11.0 Å². The first-order valence-corrected chi connectivity index (χ1v) is 6.85. The lowest BCUT2D eigenvalue weighted by Gasteiger charge is -2.17. The number of hydrogen-bond acceptors (Lipinski definition) is 3. The van der Waals surface area contributed by atoms with Crippen LogP contribution in [-0.2, 0) is 0 Å². The van der Waals surface area contributed by atoms with Crippen LogP contribution in [0.2, 0.25) is 5.02 Å². The Morgan fingerprint density at radius 2 is 1.89 bits per heavy atom. The number of anilines is 1. The number of nitro benzene ring substituents is 1. The molecule has 1 aromatic carbocycles. The molecule has 0 unspecified atom stereocenters. The van der Waals surface area contributed by atoms with E-state index < -0.39 is 10.7 Å². The van der Waals surface area contributed by atoms with Crippen LogP contribution >= 0.6 is 11.6 Å². The van der Waals surface area contributed by atoms with Gasteiger partial charge in [0.25, 0.3) is 5.69 Å². The summed E-state index contributed by atoms with van der Waals surface area (Å²) in [5, 5.41) is 14.0. The lowest BCUT2D eigenvalue weighted by atomic mass is 10.1. The van der Waals surface area contributed by atoms with Crippen molar-refractivity contribution in [2.24, 2.45) is 0 Å². The van der Waals surface area contributed by atoms with Crippen LogP contribution in [0.25, 0.3) is 0 Å². The van der Waals surface area contributed by atoms with Gasteiger partial charge in [-0.25, -0.2) is 4.39 Å². The van der Waals surface area contributed by atoms with Crippen LogP contribution in [0.15, 0.2) is 12.1 Å². The van der Waals surface area contributed by atoms with Crippen molar-refractivity contribution in [2.75, 3.05) is 5.32 Å². The van der Waals surface area contributed by atoms with Gasteiger partial charge in [-0.05, 0) is 18.9 Å². The molecular weight excluding hydrogens is 271 g/mol. The monoisotopic (exact) mass is 286 g/mol. The fourth-order valence-corrected chi connectivity index (χ4v) is 2.61. The predicted molar refractivity (Wildman–Crippen MR) is 73.2 cm³/mol. The van der Waals surface area contributed by atoms with E-state index in [1.54, 1.807) is 0 Å². The fourth-order valence-electron chi connectivity index (χ4n) is 2.45. The van der Waals surface area contributed by atoms with Gasteiger partial charge >= 0.3 is 0 Å². The zero-order valence-corrected chi connectivity index (χ0v) is 11.3. The van der Waals surface area contributed by atoms with Gasteiger partial charge in [0.1, 0.15) is 11.5 Å². The van der Waals surface area contributed by atoms with Crippen molar-refractivity contribution in [1.29, 1.82) is 0 Å². The second-order valence-electron chi connectivity index (χ2n) is 4.87. The van der Waals surface area contributed by atoms with E-state index in [2.05, 4.69) is 5.32 Å². The molecular formula is C13H16ClFN2O2. The molecule has 104 valence electrons. The normalized spacial score (nSPS) is 16.9. The Kier molecular flexibility index (Phi) is 4.58. The van der Waals surface area contributed by atoms with E-state index in [-0.39, 0.29) is 16.8 Å². The van der Waals surface area contributed by atoms with Crippen molar-refractivity contribution in [3.05, 3.63) is 33.1 Å². The van der Waals surface area contributed by atoms with E-state index in [1.807, 2.05) is 0 Å². The van der Waals surface area contributed by atoms with Crippen molar-refractivity contribution in [2.45, 2.75) is 44.6 Å². The summed E-state index contributed by atoms with van der Waals surface area (Å²) in [4.78, 5) is 10.4. The van der Waals surface area contributed by atoms with Crippen LogP contribution in [0.3, 0.4) is 0 Å². The average Bonchev–Trinajstić information content (AvgIpc) is 2.62. The maximum absolute atomic E-state index is 13.3. The van der Waals surface area contributed by atoms with Gasteiger partial charge in [-0.1, -0.05) is 37.3 Å². The SMILES string of the molecule is O=[N+]([O-])c1cc(F)c(Cl)cc1NC1CCCCCC1. The molecule has 1 N–H and O–H groups in total. The number of rotatable bonds is 3. The molecule has 1 aliphatic rings. The van der Waals surface area contributed by atoms with E-state index >= 15 is 0 Å². The zero-order valence-electron chi connectivity index (χ0n) is 10.5. The first kappa shape index (κ1) is 14.1. The predicted octanol–water partition coefficient (Wildman–Crippen LogP) is 4.52. The molecule has 1 aliphatic carbocycles. The van der Waals surface area contributed by atoms with Gasteiger partial charge in [0, 0.05) is 6.04 Å². The molecule has 0 spiro atoms. The number of nitro groups is 1. The molecule has 0 aromatic heterocycles. The quantitative estimate of drug-likeness (QED) is 0.505. The van der Waals surface area contributed by atoms with Crippen LogP contribution < -0.4 is 5.32 Å². The Morgan fingerprint density at radius 1 is 1.26 bits per heavy atom. The maximum atomic E-state index is 13.3. The van der Waals surface area contributed by atoms with Crippen LogP contribution in [0.5, 0.6) is 0 Å². The number of nitrogens with zero attached hydrogens (tertiary/aromatic N) is 1. The Bertz CT molecular complexity index is 474. The summed E-state index contributed by atoms with van der Waals surface area (Å²) in [6.45, 7) is 0. The van der Waals surface area contributed by atoms with Crippen LogP contribution in [0.4, 0.5) is 15.8 Å². The first-order chi connectivity index (χ1) is 9.08. The molecule has 4 nitrogen and oxygen atoms in total. The van der Waals surface area contributed by atoms with Crippen LogP contribution in [0, 0.1) is 15.9 Å². The Labute approximate surface area is 116 Å². The average molecular weight is 287 g/mol. The molecule has 2 rings (SSSR count). The molecule has 1 aromatic rings. The topological polar surface area (TPSA) is 55.2 Å². The minimum absolute atomic E-state index is 0.0956. The second-order valence-corrected chi connectivity index (χ2v) is 5.28. The Balaban J connectivity index is 2.22. The molecule has 1 fully saturated rings. The third-order valence-corrected chi connectivity index (χ3v) is 3.74. The van der Waals surface area contributed by atoms with E-state index in [1.165, 1.54) is 18.9 Å². The maximum Gasteiger partial charge on any atom is 0.295 e. The summed E-state index contributed by atoms with van der Waals surface area (Å²) < 4.78 is 13.3.